The molecular formula is C15H23NO2. The molecule has 0 atom stereocenters. The van der Waals surface area contributed by atoms with Gasteiger partial charge in [-0.05, 0) is 46.5 Å². The molecule has 0 bridgehead atoms. The molecule has 0 fully saturated rings. The Kier molecular flexibility index (Phi) is 5.27. The summed E-state index contributed by atoms with van der Waals surface area (Å²) in [5.41, 5.74) is 0.855. The van der Waals surface area contributed by atoms with E-state index in [2.05, 4.69) is 5.92 Å². The van der Waals surface area contributed by atoms with E-state index in [1.807, 2.05) is 27.0 Å². The lowest BCUT2D eigenvalue weighted by molar-refractivity contribution is 0.0323. The molecule has 0 unspecified atom stereocenters. The molecule has 3 nitrogen and oxygen atoms in total. The lowest BCUT2D eigenvalue weighted by Gasteiger charge is -2.28. The van der Waals surface area contributed by atoms with Gasteiger partial charge in [0.05, 0.1) is 0 Å². The third-order valence-electron chi connectivity index (χ3n) is 2.68. The van der Waals surface area contributed by atoms with Gasteiger partial charge in [-0.25, -0.2) is 4.79 Å². The fourth-order valence-electron chi connectivity index (χ4n) is 1.90. The van der Waals surface area contributed by atoms with Gasteiger partial charge >= 0.3 is 6.09 Å². The van der Waals surface area contributed by atoms with Crippen molar-refractivity contribution < 1.29 is 9.53 Å². The second-order valence-corrected chi connectivity index (χ2v) is 5.62. The summed E-state index contributed by atoms with van der Waals surface area (Å²) < 4.78 is 5.36. The normalized spacial score (nSPS) is 15.9. The van der Waals surface area contributed by atoms with Crippen LogP contribution in [0.5, 0.6) is 0 Å². The number of hydrogen-bond acceptors (Lipinski definition) is 2. The first-order chi connectivity index (χ1) is 8.42. The third-order valence-corrected chi connectivity index (χ3v) is 2.68. The first kappa shape index (κ1) is 14.6. The second kappa shape index (κ2) is 6.49. The molecule has 0 aromatic heterocycles. The van der Waals surface area contributed by atoms with Crippen molar-refractivity contribution in [2.45, 2.75) is 58.5 Å². The number of carbonyl (C=O) groups is 1. The number of terminal acetylenes is 1. The summed E-state index contributed by atoms with van der Waals surface area (Å²) in [5, 5.41) is 0. The number of amides is 1. The van der Waals surface area contributed by atoms with E-state index in [1.54, 1.807) is 4.90 Å². The highest BCUT2D eigenvalue weighted by molar-refractivity contribution is 5.69. The number of nitrogens with zero attached hydrogens (tertiary/aromatic N) is 1. The highest BCUT2D eigenvalue weighted by Crippen LogP contribution is 2.21. The van der Waals surface area contributed by atoms with Gasteiger partial charge in [-0.15, -0.1) is 12.3 Å². The van der Waals surface area contributed by atoms with Gasteiger partial charge in [0.1, 0.15) is 5.60 Å². The third kappa shape index (κ3) is 5.27. The lowest BCUT2D eigenvalue weighted by atomic mass is 10.0. The molecule has 1 aliphatic heterocycles. The fourth-order valence-corrected chi connectivity index (χ4v) is 1.90. The van der Waals surface area contributed by atoms with Crippen LogP contribution in [0.3, 0.4) is 0 Å². The Bertz CT molecular complexity index is 358. The molecule has 0 saturated heterocycles. The van der Waals surface area contributed by atoms with Crippen LogP contribution in [0.2, 0.25) is 0 Å². The van der Waals surface area contributed by atoms with E-state index in [4.69, 9.17) is 11.2 Å². The molecule has 100 valence electrons. The predicted octanol–water partition coefficient (Wildman–Crippen LogP) is 3.70. The Morgan fingerprint density at radius 2 is 2.28 bits per heavy atom. The maximum Gasteiger partial charge on any atom is 0.414 e. The van der Waals surface area contributed by atoms with Crippen LogP contribution in [0, 0.1) is 12.3 Å². The summed E-state index contributed by atoms with van der Waals surface area (Å²) in [6.45, 7) is 6.39. The van der Waals surface area contributed by atoms with Crippen LogP contribution in [0.4, 0.5) is 4.79 Å². The zero-order valence-corrected chi connectivity index (χ0v) is 11.7. The Hall–Kier alpha value is -1.43. The van der Waals surface area contributed by atoms with Crippen molar-refractivity contribution in [2.24, 2.45) is 0 Å². The van der Waals surface area contributed by atoms with E-state index in [1.165, 1.54) is 5.57 Å². The molecular weight excluding hydrogens is 226 g/mol. The minimum Gasteiger partial charge on any atom is -0.443 e. The first-order valence-corrected chi connectivity index (χ1v) is 6.55. The summed E-state index contributed by atoms with van der Waals surface area (Å²) in [5.74, 6) is 2.64. The van der Waals surface area contributed by atoms with Crippen LogP contribution in [0.1, 0.15) is 52.9 Å². The van der Waals surface area contributed by atoms with E-state index in [0.29, 0.717) is 0 Å². The Morgan fingerprint density at radius 1 is 1.56 bits per heavy atom. The average molecular weight is 249 g/mol. The molecule has 1 heterocycles. The topological polar surface area (TPSA) is 29.5 Å². The van der Waals surface area contributed by atoms with E-state index in [-0.39, 0.29) is 6.09 Å². The molecule has 0 radical (unpaired) electrons. The van der Waals surface area contributed by atoms with Crippen molar-refractivity contribution in [3.63, 3.8) is 0 Å². The molecule has 0 spiro atoms. The molecule has 0 N–H and O–H groups in total. The number of unbranched alkanes of at least 4 members (excludes halogenated alkanes) is 1. The zero-order chi connectivity index (χ0) is 13.6. The molecule has 18 heavy (non-hydrogen) atoms. The van der Waals surface area contributed by atoms with Crippen LogP contribution < -0.4 is 0 Å². The maximum atomic E-state index is 11.9. The average Bonchev–Trinajstić information content (AvgIpc) is 2.27. The van der Waals surface area contributed by atoms with Crippen LogP contribution >= 0.6 is 0 Å². The Balaban J connectivity index is 2.53. The molecule has 0 aliphatic carbocycles. The van der Waals surface area contributed by atoms with Gasteiger partial charge in [0.25, 0.3) is 0 Å². The molecule has 1 aliphatic rings. The van der Waals surface area contributed by atoms with Crippen LogP contribution in [0.25, 0.3) is 0 Å². The molecule has 3 heteroatoms. The minimum atomic E-state index is -0.438. The van der Waals surface area contributed by atoms with Crippen LogP contribution in [-0.4, -0.2) is 23.1 Å². The molecule has 0 aromatic carbocycles. The van der Waals surface area contributed by atoms with Crippen LogP contribution in [-0.2, 0) is 4.74 Å². The van der Waals surface area contributed by atoms with Gasteiger partial charge in [0, 0.05) is 19.2 Å². The summed E-state index contributed by atoms with van der Waals surface area (Å²) in [7, 11) is 0. The molecule has 0 saturated carbocycles. The number of allylic oxidation sites excluding steroid dienone is 1. The summed E-state index contributed by atoms with van der Waals surface area (Å²) >= 11 is 0. The van der Waals surface area contributed by atoms with Gasteiger partial charge in [0.15, 0.2) is 0 Å². The van der Waals surface area contributed by atoms with Gasteiger partial charge in [-0.2, -0.15) is 0 Å². The number of rotatable bonds is 3. The number of ether oxygens (including phenoxy) is 1. The SMILES string of the molecule is C#CCCCC1=CN(C(=O)OC(C)(C)C)CCC1. The minimum absolute atomic E-state index is 0.253. The lowest BCUT2D eigenvalue weighted by Crippen LogP contribution is -2.35. The second-order valence-electron chi connectivity index (χ2n) is 5.62. The van der Waals surface area contributed by atoms with Crippen molar-refractivity contribution in [3.05, 3.63) is 11.8 Å². The van der Waals surface area contributed by atoms with Crippen molar-refractivity contribution in [3.8, 4) is 12.3 Å². The standard InChI is InChI=1S/C15H23NO2/c1-5-6-7-9-13-10-8-11-16(12-13)14(17)18-15(2,3)4/h1,12H,6-11H2,2-4H3. The van der Waals surface area contributed by atoms with Gasteiger partial charge in [0.2, 0.25) is 0 Å². The van der Waals surface area contributed by atoms with Crippen LogP contribution in [0.15, 0.2) is 11.8 Å². The largest absolute Gasteiger partial charge is 0.443 e. The van der Waals surface area contributed by atoms with Crippen molar-refractivity contribution >= 4 is 6.09 Å². The van der Waals surface area contributed by atoms with E-state index in [9.17, 15) is 4.79 Å². The molecule has 1 rings (SSSR count). The Morgan fingerprint density at radius 3 is 2.89 bits per heavy atom. The van der Waals surface area contributed by atoms with E-state index >= 15 is 0 Å². The highest BCUT2D eigenvalue weighted by Gasteiger charge is 2.22. The van der Waals surface area contributed by atoms with Crippen molar-refractivity contribution in [1.29, 1.82) is 0 Å². The number of hydrogen-bond donors (Lipinski definition) is 0. The van der Waals surface area contributed by atoms with E-state index in [0.717, 1.165) is 38.6 Å². The Labute approximate surface area is 110 Å². The van der Waals surface area contributed by atoms with E-state index < -0.39 is 5.60 Å². The van der Waals surface area contributed by atoms with Crippen molar-refractivity contribution in [2.75, 3.05) is 6.54 Å². The smallest absolute Gasteiger partial charge is 0.414 e. The summed E-state index contributed by atoms with van der Waals surface area (Å²) in [6, 6.07) is 0. The van der Waals surface area contributed by atoms with Gasteiger partial charge in [-0.3, -0.25) is 4.90 Å². The summed E-state index contributed by atoms with van der Waals surface area (Å²) in [4.78, 5) is 13.6. The monoisotopic (exact) mass is 249 g/mol. The van der Waals surface area contributed by atoms with Gasteiger partial charge in [-0.1, -0.05) is 5.57 Å². The molecule has 0 aromatic rings. The fraction of sp³-hybridized carbons (Fsp3) is 0.667. The van der Waals surface area contributed by atoms with Gasteiger partial charge < -0.3 is 4.74 Å². The van der Waals surface area contributed by atoms with Crippen molar-refractivity contribution in [1.82, 2.24) is 4.90 Å². The zero-order valence-electron chi connectivity index (χ0n) is 11.7. The summed E-state index contributed by atoms with van der Waals surface area (Å²) in [6.07, 6.45) is 11.7. The first-order valence-electron chi connectivity index (χ1n) is 6.55. The quantitative estimate of drug-likeness (QED) is 0.563. The highest BCUT2D eigenvalue weighted by atomic mass is 16.6. The number of carbonyl (C=O) groups excluding carboxylic acids is 1. The maximum absolute atomic E-state index is 11.9. The predicted molar refractivity (Wildman–Crippen MR) is 72.9 cm³/mol. The molecule has 1 amide bonds.